The SMILES string of the molecule is CC[C@H](C)C(C(CC(=O)N1CCC[C@H]1[C@H](OC)[C@@H](C)C(=O)N[C@@H](Cc1ccccc1)C(=O)NCc1c[nH]nn1)OC)N(C)C[C@@](C=O)(NC(=O)[C@H](C(C)C)N(C)C)C(C)C. The number of amides is 4. The Labute approximate surface area is 357 Å². The summed E-state index contributed by atoms with van der Waals surface area (Å²) in [6.07, 6.45) is 3.73. The second kappa shape index (κ2) is 23.7. The van der Waals surface area contributed by atoms with Crippen LogP contribution in [0.5, 0.6) is 0 Å². The van der Waals surface area contributed by atoms with Gasteiger partial charge in [-0.2, -0.15) is 0 Å². The summed E-state index contributed by atoms with van der Waals surface area (Å²) < 4.78 is 12.1. The molecule has 2 unspecified atom stereocenters. The van der Waals surface area contributed by atoms with E-state index in [1.165, 1.54) is 0 Å². The second-order valence-corrected chi connectivity index (χ2v) is 17.4. The Hall–Kier alpha value is -4.25. The summed E-state index contributed by atoms with van der Waals surface area (Å²) >= 11 is 0. The number of nitrogens with one attached hydrogen (secondary N) is 4. The lowest BCUT2D eigenvalue weighted by Crippen LogP contribution is -2.65. The van der Waals surface area contributed by atoms with Crippen LogP contribution in [-0.2, 0) is 46.4 Å². The van der Waals surface area contributed by atoms with Crippen LogP contribution in [0.3, 0.4) is 0 Å². The number of hydrogen-bond acceptors (Lipinski definition) is 11. The molecule has 4 N–H and O–H groups in total. The van der Waals surface area contributed by atoms with Crippen molar-refractivity contribution in [3.63, 3.8) is 0 Å². The van der Waals surface area contributed by atoms with Crippen LogP contribution in [-0.4, -0.2) is 150 Å². The molecule has 60 heavy (non-hydrogen) atoms. The highest BCUT2D eigenvalue weighted by Gasteiger charge is 2.45. The molecule has 9 atom stereocenters. The number of H-pyrrole nitrogens is 1. The van der Waals surface area contributed by atoms with E-state index in [-0.39, 0.29) is 73.4 Å². The number of carbonyl (C=O) groups is 5. The molecule has 16 heteroatoms. The van der Waals surface area contributed by atoms with Gasteiger partial charge in [-0.3, -0.25) is 34.1 Å². The van der Waals surface area contributed by atoms with Crippen molar-refractivity contribution in [2.75, 3.05) is 48.5 Å². The molecule has 1 aromatic heterocycles. The Morgan fingerprint density at radius 1 is 1.00 bits per heavy atom. The monoisotopic (exact) mass is 840 g/mol. The Morgan fingerprint density at radius 2 is 1.68 bits per heavy atom. The highest BCUT2D eigenvalue weighted by Crippen LogP contribution is 2.30. The molecule has 1 fully saturated rings. The molecule has 2 heterocycles. The quantitative estimate of drug-likeness (QED) is 0.108. The maximum atomic E-state index is 14.4. The van der Waals surface area contributed by atoms with Crippen molar-refractivity contribution in [3.8, 4) is 0 Å². The number of rotatable bonds is 25. The van der Waals surface area contributed by atoms with Gasteiger partial charge in [-0.25, -0.2) is 0 Å². The van der Waals surface area contributed by atoms with E-state index in [1.54, 1.807) is 32.2 Å². The average molecular weight is 840 g/mol. The number of carbonyl (C=O) groups excluding carboxylic acids is 5. The van der Waals surface area contributed by atoms with E-state index >= 15 is 0 Å². The Bertz CT molecular complexity index is 1640. The lowest BCUT2D eigenvalue weighted by Gasteiger charge is -2.44. The zero-order valence-electron chi connectivity index (χ0n) is 38.1. The first-order valence-electron chi connectivity index (χ1n) is 21.4. The zero-order chi connectivity index (χ0) is 44.7. The number of methoxy groups -OCH3 is 2. The second-order valence-electron chi connectivity index (χ2n) is 17.4. The van der Waals surface area contributed by atoms with Crippen LogP contribution in [0.4, 0.5) is 0 Å². The number of nitrogens with zero attached hydrogens (tertiary/aromatic N) is 5. The van der Waals surface area contributed by atoms with Gasteiger partial charge in [0.05, 0.1) is 43.2 Å². The molecule has 1 aliphatic heterocycles. The fourth-order valence-electron chi connectivity index (χ4n) is 8.75. The standard InChI is InChI=1S/C44H73N9O7/c1-13-30(6)39(52(10)26-44(27-54,29(4)5)48-43(58)38(28(2)3)51(8)9)36(59-11)23-37(55)53-21-17-20-35(53)40(60-12)31(7)41(56)47-34(22-32-18-15-14-16-19-32)42(57)45-24-33-25-46-50-49-33/h14-16,18-19,25,27-31,34-36,38-40H,13,17,20-24,26H2,1-12H3,(H,45,57)(H,47,56)(H,48,58)(H,46,49,50)/t30-,31+,34-,35-,36?,38-,39?,40+,44-/m0/s1. The summed E-state index contributed by atoms with van der Waals surface area (Å²) in [5.74, 6) is -1.92. The van der Waals surface area contributed by atoms with Crippen molar-refractivity contribution in [2.24, 2.45) is 23.7 Å². The van der Waals surface area contributed by atoms with Gasteiger partial charge >= 0.3 is 0 Å². The van der Waals surface area contributed by atoms with Crippen molar-refractivity contribution in [2.45, 2.75) is 129 Å². The molecule has 2 aromatic rings. The third-order valence-electron chi connectivity index (χ3n) is 12.4. The smallest absolute Gasteiger partial charge is 0.243 e. The molecule has 1 saturated heterocycles. The summed E-state index contributed by atoms with van der Waals surface area (Å²) in [5, 5.41) is 19.2. The van der Waals surface area contributed by atoms with Crippen LogP contribution >= 0.6 is 0 Å². The normalized spacial score (nSPS) is 19.0. The van der Waals surface area contributed by atoms with Gasteiger partial charge in [0.15, 0.2) is 0 Å². The average Bonchev–Trinajstić information content (AvgIpc) is 3.92. The maximum absolute atomic E-state index is 14.4. The predicted molar refractivity (Wildman–Crippen MR) is 230 cm³/mol. The van der Waals surface area contributed by atoms with E-state index in [4.69, 9.17) is 9.47 Å². The van der Waals surface area contributed by atoms with Crippen LogP contribution < -0.4 is 16.0 Å². The Balaban J connectivity index is 1.81. The molecular formula is C44H73N9O7. The van der Waals surface area contributed by atoms with Crippen molar-refractivity contribution < 1.29 is 33.4 Å². The van der Waals surface area contributed by atoms with E-state index in [2.05, 4.69) is 50.1 Å². The molecule has 0 spiro atoms. The van der Waals surface area contributed by atoms with Gasteiger partial charge in [0.25, 0.3) is 0 Å². The number of aromatic amines is 1. The lowest BCUT2D eigenvalue weighted by molar-refractivity contribution is -0.143. The highest BCUT2D eigenvalue weighted by molar-refractivity contribution is 5.89. The third kappa shape index (κ3) is 13.1. The van der Waals surface area contributed by atoms with Gasteiger partial charge in [0, 0.05) is 46.0 Å². The minimum Gasteiger partial charge on any atom is -0.379 e. The Morgan fingerprint density at radius 3 is 2.22 bits per heavy atom. The number of likely N-dealkylation sites (N-methyl/N-ethyl adjacent to an activating group) is 2. The summed E-state index contributed by atoms with van der Waals surface area (Å²) in [7, 11) is 8.78. The Kier molecular flexibility index (Phi) is 19.8. The van der Waals surface area contributed by atoms with Crippen molar-refractivity contribution in [3.05, 3.63) is 47.8 Å². The van der Waals surface area contributed by atoms with Gasteiger partial charge in [0.2, 0.25) is 23.6 Å². The first kappa shape index (κ1) is 50.1. The topological polar surface area (TPSA) is 191 Å². The van der Waals surface area contributed by atoms with Crippen LogP contribution in [0.2, 0.25) is 0 Å². The fraction of sp³-hybridized carbons (Fsp3) is 0.705. The highest BCUT2D eigenvalue weighted by atomic mass is 16.5. The van der Waals surface area contributed by atoms with Crippen molar-refractivity contribution >= 4 is 29.9 Å². The zero-order valence-corrected chi connectivity index (χ0v) is 38.1. The van der Waals surface area contributed by atoms with E-state index in [0.29, 0.717) is 18.7 Å². The minimum atomic E-state index is -1.19. The summed E-state index contributed by atoms with van der Waals surface area (Å²) in [4.78, 5) is 74.3. The largest absolute Gasteiger partial charge is 0.379 e. The van der Waals surface area contributed by atoms with Gasteiger partial charge in [-0.1, -0.05) is 90.4 Å². The molecule has 1 aromatic carbocycles. The van der Waals surface area contributed by atoms with E-state index in [9.17, 15) is 24.0 Å². The predicted octanol–water partition coefficient (Wildman–Crippen LogP) is 2.84. The minimum absolute atomic E-state index is 0.0231. The fourth-order valence-corrected chi connectivity index (χ4v) is 8.75. The number of hydrogen-bond donors (Lipinski definition) is 4. The van der Waals surface area contributed by atoms with Crippen molar-refractivity contribution in [1.29, 1.82) is 0 Å². The van der Waals surface area contributed by atoms with Crippen LogP contribution in [0, 0.1) is 23.7 Å². The van der Waals surface area contributed by atoms with Crippen LogP contribution in [0.15, 0.2) is 36.5 Å². The van der Waals surface area contributed by atoms with Gasteiger partial charge in [-0.15, -0.1) is 5.10 Å². The number of aldehydes is 1. The molecule has 1 aliphatic rings. The first-order valence-corrected chi connectivity index (χ1v) is 21.4. The molecule has 16 nitrogen and oxygen atoms in total. The number of benzene rings is 1. The molecule has 3 rings (SSSR count). The van der Waals surface area contributed by atoms with Gasteiger partial charge in [0.1, 0.15) is 23.6 Å². The molecule has 4 amide bonds. The van der Waals surface area contributed by atoms with Crippen LogP contribution in [0.1, 0.15) is 85.4 Å². The van der Waals surface area contributed by atoms with E-state index in [0.717, 1.165) is 24.7 Å². The van der Waals surface area contributed by atoms with Crippen molar-refractivity contribution in [1.82, 2.24) is 46.1 Å². The third-order valence-corrected chi connectivity index (χ3v) is 12.4. The molecular weight excluding hydrogens is 767 g/mol. The molecule has 336 valence electrons. The summed E-state index contributed by atoms with van der Waals surface area (Å²) in [6, 6.07) is 7.48. The van der Waals surface area contributed by atoms with E-state index in [1.807, 2.05) is 84.1 Å². The summed E-state index contributed by atoms with van der Waals surface area (Å²) in [5.41, 5.74) is 0.244. The molecule has 0 aliphatic carbocycles. The van der Waals surface area contributed by atoms with E-state index < -0.39 is 41.8 Å². The maximum Gasteiger partial charge on any atom is 0.243 e. The van der Waals surface area contributed by atoms with Crippen LogP contribution in [0.25, 0.3) is 0 Å². The summed E-state index contributed by atoms with van der Waals surface area (Å²) in [6.45, 7) is 14.6. The molecule has 0 saturated carbocycles. The number of aromatic nitrogens is 3. The lowest BCUT2D eigenvalue weighted by atomic mass is 9.84. The molecule has 0 bridgehead atoms. The van der Waals surface area contributed by atoms with Gasteiger partial charge < -0.3 is 35.1 Å². The van der Waals surface area contributed by atoms with Gasteiger partial charge in [-0.05, 0) is 57.3 Å². The first-order chi connectivity index (χ1) is 28.4. The number of likely N-dealkylation sites (tertiary alicyclic amines) is 1. The number of ether oxygens (including phenoxy) is 2. The molecule has 0 radical (unpaired) electrons.